The van der Waals surface area contributed by atoms with Gasteiger partial charge in [0.2, 0.25) is 0 Å². The molecule has 2 aromatic carbocycles. The minimum Gasteiger partial charge on any atom is -0.497 e. The minimum absolute atomic E-state index is 0.360. The topological polar surface area (TPSA) is 77.9 Å². The lowest BCUT2D eigenvalue weighted by Gasteiger charge is -2.12. The van der Waals surface area contributed by atoms with Crippen molar-refractivity contribution < 1.29 is 14.2 Å². The molecule has 0 atom stereocenters. The van der Waals surface area contributed by atoms with E-state index in [9.17, 15) is 0 Å². The van der Waals surface area contributed by atoms with Crippen molar-refractivity contribution in [3.8, 4) is 17.2 Å². The highest BCUT2D eigenvalue weighted by Gasteiger charge is 2.19. The highest BCUT2D eigenvalue weighted by Crippen LogP contribution is 2.38. The molecule has 0 aliphatic heterocycles. The van der Waals surface area contributed by atoms with E-state index < -0.39 is 0 Å². The molecule has 0 saturated carbocycles. The van der Waals surface area contributed by atoms with Crippen molar-refractivity contribution in [1.29, 1.82) is 0 Å². The van der Waals surface area contributed by atoms with Gasteiger partial charge in [0.1, 0.15) is 35.0 Å². The molecule has 0 unspecified atom stereocenters. The van der Waals surface area contributed by atoms with Gasteiger partial charge in [0.05, 0.1) is 25.8 Å². The number of fused-ring (bicyclic) bond motifs is 3. The molecule has 0 bridgehead atoms. The number of benzene rings is 2. The van der Waals surface area contributed by atoms with E-state index in [1.165, 1.54) is 23.3 Å². The van der Waals surface area contributed by atoms with Gasteiger partial charge in [-0.3, -0.25) is 5.43 Å². The Morgan fingerprint density at radius 2 is 1.91 bits per heavy atom. The Balaban J connectivity index is 1.33. The van der Waals surface area contributed by atoms with E-state index in [1.807, 2.05) is 42.5 Å². The van der Waals surface area contributed by atoms with E-state index >= 15 is 0 Å². The van der Waals surface area contributed by atoms with Gasteiger partial charge in [0.25, 0.3) is 0 Å². The van der Waals surface area contributed by atoms with Gasteiger partial charge in [0, 0.05) is 16.5 Å². The van der Waals surface area contributed by atoms with Crippen LogP contribution in [0.2, 0.25) is 0 Å². The highest BCUT2D eigenvalue weighted by atomic mass is 32.1. The molecule has 1 aliphatic carbocycles. The maximum Gasteiger partial charge on any atom is 0.158 e. The zero-order valence-electron chi connectivity index (χ0n) is 19.2. The van der Waals surface area contributed by atoms with E-state index in [1.54, 1.807) is 38.1 Å². The molecule has 0 spiro atoms. The zero-order chi connectivity index (χ0) is 23.3. The molecular formula is C26H26N4O3S. The van der Waals surface area contributed by atoms with Crippen LogP contribution in [-0.4, -0.2) is 30.4 Å². The normalized spacial score (nSPS) is 13.1. The lowest BCUT2D eigenvalue weighted by molar-refractivity contribution is 0.294. The highest BCUT2D eigenvalue weighted by molar-refractivity contribution is 7.19. The van der Waals surface area contributed by atoms with Crippen molar-refractivity contribution in [1.82, 2.24) is 9.97 Å². The van der Waals surface area contributed by atoms with Crippen LogP contribution in [0.4, 0.5) is 5.82 Å². The predicted molar refractivity (Wildman–Crippen MR) is 136 cm³/mol. The molecule has 0 fully saturated rings. The summed E-state index contributed by atoms with van der Waals surface area (Å²) in [5, 5.41) is 5.58. The van der Waals surface area contributed by atoms with Gasteiger partial charge in [-0.05, 0) is 67.1 Å². The molecule has 0 saturated heterocycles. The van der Waals surface area contributed by atoms with Crippen molar-refractivity contribution >= 4 is 33.6 Å². The summed E-state index contributed by atoms with van der Waals surface area (Å²) in [6, 6.07) is 13.4. The summed E-state index contributed by atoms with van der Waals surface area (Å²) >= 11 is 1.78. The first-order valence-electron chi connectivity index (χ1n) is 11.2. The Kier molecular flexibility index (Phi) is 6.58. The van der Waals surface area contributed by atoms with Crippen LogP contribution >= 0.6 is 11.3 Å². The third kappa shape index (κ3) is 4.68. The van der Waals surface area contributed by atoms with Gasteiger partial charge in [-0.25, -0.2) is 9.97 Å². The number of aromatic nitrogens is 2. The monoisotopic (exact) mass is 474 g/mol. The smallest absolute Gasteiger partial charge is 0.158 e. The zero-order valence-corrected chi connectivity index (χ0v) is 20.0. The number of nitrogens with one attached hydrogen (secondary N) is 1. The molecule has 0 radical (unpaired) electrons. The molecule has 4 aromatic rings. The third-order valence-corrected chi connectivity index (χ3v) is 7.08. The molecule has 8 heteroatoms. The molecule has 174 valence electrons. The maximum atomic E-state index is 5.96. The van der Waals surface area contributed by atoms with Crippen LogP contribution in [-0.2, 0) is 19.4 Å². The van der Waals surface area contributed by atoms with Crippen LogP contribution in [0.3, 0.4) is 0 Å². The van der Waals surface area contributed by atoms with Crippen LogP contribution in [0, 0.1) is 0 Å². The van der Waals surface area contributed by atoms with Crippen LogP contribution in [0.25, 0.3) is 10.2 Å². The fourth-order valence-corrected chi connectivity index (χ4v) is 5.42. The minimum atomic E-state index is 0.360. The van der Waals surface area contributed by atoms with Crippen LogP contribution in [0.15, 0.2) is 53.9 Å². The van der Waals surface area contributed by atoms with E-state index in [4.69, 9.17) is 14.2 Å². The Labute approximate surface area is 202 Å². The molecule has 1 N–H and O–H groups in total. The van der Waals surface area contributed by atoms with Gasteiger partial charge in [-0.2, -0.15) is 5.10 Å². The molecule has 34 heavy (non-hydrogen) atoms. The summed E-state index contributed by atoms with van der Waals surface area (Å²) < 4.78 is 16.7. The van der Waals surface area contributed by atoms with Gasteiger partial charge in [0.15, 0.2) is 5.82 Å². The third-order valence-electron chi connectivity index (χ3n) is 5.88. The van der Waals surface area contributed by atoms with Crippen molar-refractivity contribution in [2.45, 2.75) is 32.3 Å². The lowest BCUT2D eigenvalue weighted by atomic mass is 9.97. The first-order valence-corrected chi connectivity index (χ1v) is 12.0. The molecule has 2 aromatic heterocycles. The summed E-state index contributed by atoms with van der Waals surface area (Å²) in [5.41, 5.74) is 6.37. The van der Waals surface area contributed by atoms with E-state index in [-0.39, 0.29) is 0 Å². The summed E-state index contributed by atoms with van der Waals surface area (Å²) in [4.78, 5) is 11.4. The summed E-state index contributed by atoms with van der Waals surface area (Å²) in [6.45, 7) is 0.360. The van der Waals surface area contributed by atoms with E-state index in [0.29, 0.717) is 6.61 Å². The Morgan fingerprint density at radius 3 is 2.79 bits per heavy atom. The number of rotatable bonds is 8. The van der Waals surface area contributed by atoms with Crippen molar-refractivity contribution in [2.24, 2.45) is 5.10 Å². The Morgan fingerprint density at radius 1 is 1.03 bits per heavy atom. The van der Waals surface area contributed by atoms with E-state index in [2.05, 4.69) is 20.5 Å². The second-order valence-electron chi connectivity index (χ2n) is 8.02. The average Bonchev–Trinajstić information content (AvgIpc) is 3.27. The number of methoxy groups -OCH3 is 2. The van der Waals surface area contributed by atoms with Gasteiger partial charge in [-0.15, -0.1) is 11.3 Å². The number of hydrogen-bond acceptors (Lipinski definition) is 8. The van der Waals surface area contributed by atoms with Gasteiger partial charge >= 0.3 is 0 Å². The fourth-order valence-electron chi connectivity index (χ4n) is 4.19. The standard InChI is InChI=1S/C26H26N4O3S/c1-31-19-6-5-7-20(13-19)33-15-18-12-17(10-11-22(18)32-2)14-29-30-25-24-21-8-3-4-9-23(21)34-26(24)28-16-27-25/h5-7,10-14,16H,3-4,8-9,15H2,1-2H3,(H,27,28,30)/b29-14-. The fraction of sp³-hybridized carbons (Fsp3) is 0.269. The first kappa shape index (κ1) is 22.2. The molecule has 1 aliphatic rings. The quantitative estimate of drug-likeness (QED) is 0.264. The second-order valence-corrected chi connectivity index (χ2v) is 9.11. The summed E-state index contributed by atoms with van der Waals surface area (Å²) in [5.74, 6) is 3.00. The van der Waals surface area contributed by atoms with Crippen molar-refractivity contribution in [2.75, 3.05) is 19.6 Å². The lowest BCUT2D eigenvalue weighted by Crippen LogP contribution is -2.02. The number of hydrazone groups is 1. The van der Waals surface area contributed by atoms with Crippen LogP contribution < -0.4 is 19.6 Å². The second kappa shape index (κ2) is 10.1. The number of thiophene rings is 1. The Bertz CT molecular complexity index is 1340. The molecular weight excluding hydrogens is 448 g/mol. The number of aryl methyl sites for hydroxylation is 2. The van der Waals surface area contributed by atoms with Crippen LogP contribution in [0.5, 0.6) is 17.2 Å². The van der Waals surface area contributed by atoms with Crippen LogP contribution in [0.1, 0.15) is 34.4 Å². The van der Waals surface area contributed by atoms with Gasteiger partial charge < -0.3 is 14.2 Å². The number of anilines is 1. The predicted octanol–water partition coefficient (Wildman–Crippen LogP) is 5.61. The van der Waals surface area contributed by atoms with Crippen molar-refractivity contribution in [3.05, 3.63) is 70.4 Å². The SMILES string of the molecule is COc1cccc(OCc2cc(/C=N\Nc3ncnc4sc5c(c34)CCCC5)ccc2OC)c1. The number of hydrogen-bond donors (Lipinski definition) is 1. The number of ether oxygens (including phenoxy) is 3. The number of nitrogens with zero attached hydrogens (tertiary/aromatic N) is 3. The summed E-state index contributed by atoms with van der Waals surface area (Å²) in [6.07, 6.45) is 8.05. The molecule has 2 heterocycles. The largest absolute Gasteiger partial charge is 0.497 e. The average molecular weight is 475 g/mol. The van der Waals surface area contributed by atoms with E-state index in [0.717, 1.165) is 57.3 Å². The molecule has 7 nitrogen and oxygen atoms in total. The van der Waals surface area contributed by atoms with Gasteiger partial charge in [-0.1, -0.05) is 6.07 Å². The summed E-state index contributed by atoms with van der Waals surface area (Å²) in [7, 11) is 3.29. The van der Waals surface area contributed by atoms with Crippen molar-refractivity contribution in [3.63, 3.8) is 0 Å². The maximum absolute atomic E-state index is 5.96. The molecule has 5 rings (SSSR count). The Hall–Kier alpha value is -3.65. The first-order chi connectivity index (χ1) is 16.7. The molecule has 0 amide bonds.